The lowest BCUT2D eigenvalue weighted by Gasteiger charge is -2.23. The van der Waals surface area contributed by atoms with E-state index in [9.17, 15) is 0 Å². The zero-order valence-electron chi connectivity index (χ0n) is 15.1. The van der Waals surface area contributed by atoms with Crippen molar-refractivity contribution in [2.45, 2.75) is 32.9 Å². The third kappa shape index (κ3) is 7.21. The van der Waals surface area contributed by atoms with Crippen molar-refractivity contribution in [3.8, 4) is 11.5 Å². The maximum Gasteiger partial charge on any atom is 0.193 e. The molecular formula is C19H26IN3O2. The molecule has 136 valence electrons. The molecule has 3 N–H and O–H groups in total. The molecule has 0 aliphatic heterocycles. The van der Waals surface area contributed by atoms with Gasteiger partial charge >= 0.3 is 0 Å². The first kappa shape index (κ1) is 21.1. The molecule has 0 aliphatic carbocycles. The second-order valence-corrected chi connectivity index (χ2v) is 6.38. The number of ether oxygens (including phenoxy) is 2. The second-order valence-electron chi connectivity index (χ2n) is 6.38. The van der Waals surface area contributed by atoms with Gasteiger partial charge in [0.15, 0.2) is 5.96 Å². The fourth-order valence-electron chi connectivity index (χ4n) is 2.12. The fourth-order valence-corrected chi connectivity index (χ4v) is 2.12. The van der Waals surface area contributed by atoms with Crippen LogP contribution in [0.15, 0.2) is 53.5 Å². The van der Waals surface area contributed by atoms with E-state index in [1.165, 1.54) is 0 Å². The van der Waals surface area contributed by atoms with Gasteiger partial charge in [-0.15, -0.1) is 24.0 Å². The smallest absolute Gasteiger partial charge is 0.193 e. The molecule has 5 nitrogen and oxygen atoms in total. The van der Waals surface area contributed by atoms with Gasteiger partial charge in [0.25, 0.3) is 0 Å². The highest BCUT2D eigenvalue weighted by Crippen LogP contribution is 2.23. The van der Waals surface area contributed by atoms with Crippen molar-refractivity contribution in [3.05, 3.63) is 54.1 Å². The van der Waals surface area contributed by atoms with Crippen LogP contribution in [0.2, 0.25) is 0 Å². The van der Waals surface area contributed by atoms with Crippen molar-refractivity contribution in [1.29, 1.82) is 0 Å². The van der Waals surface area contributed by atoms with Crippen LogP contribution < -0.4 is 20.5 Å². The number of nitrogens with zero attached hydrogens (tertiary/aromatic N) is 1. The van der Waals surface area contributed by atoms with Gasteiger partial charge in [0.1, 0.15) is 17.1 Å². The van der Waals surface area contributed by atoms with Crippen LogP contribution in [0, 0.1) is 0 Å². The van der Waals surface area contributed by atoms with E-state index in [-0.39, 0.29) is 29.6 Å². The number of nitrogens with one attached hydrogen (secondary N) is 1. The first-order chi connectivity index (χ1) is 11.4. The van der Waals surface area contributed by atoms with Crippen LogP contribution in [0.25, 0.3) is 0 Å². The standard InChI is InChI=1S/C19H25N3O2.HI/c1-19(2,3)24-17-11-6-5-8-14(17)13-21-18(20)22-15-9-7-10-16(12-15)23-4;/h5-12H,13H2,1-4H3,(H3,20,21,22);1H. The maximum absolute atomic E-state index is 5.98. The van der Waals surface area contributed by atoms with E-state index < -0.39 is 0 Å². The Bertz CT molecular complexity index is 712. The van der Waals surface area contributed by atoms with Gasteiger partial charge in [-0.3, -0.25) is 0 Å². The number of anilines is 1. The zero-order chi connectivity index (χ0) is 17.6. The average molecular weight is 455 g/mol. The van der Waals surface area contributed by atoms with Crippen LogP contribution in [0.5, 0.6) is 11.5 Å². The van der Waals surface area contributed by atoms with Gasteiger partial charge in [-0.05, 0) is 39.0 Å². The number of methoxy groups -OCH3 is 1. The van der Waals surface area contributed by atoms with E-state index in [0.717, 1.165) is 22.7 Å². The minimum atomic E-state index is -0.260. The molecule has 0 fully saturated rings. The summed E-state index contributed by atoms with van der Waals surface area (Å²) in [4.78, 5) is 4.40. The first-order valence-electron chi connectivity index (χ1n) is 7.85. The first-order valence-corrected chi connectivity index (χ1v) is 7.85. The number of hydrogen-bond donors (Lipinski definition) is 2. The molecule has 2 aromatic carbocycles. The van der Waals surface area contributed by atoms with E-state index in [4.69, 9.17) is 15.2 Å². The summed E-state index contributed by atoms with van der Waals surface area (Å²) in [6, 6.07) is 15.4. The number of guanidine groups is 1. The third-order valence-corrected chi connectivity index (χ3v) is 3.15. The predicted octanol–water partition coefficient (Wildman–Crippen LogP) is 4.42. The van der Waals surface area contributed by atoms with E-state index in [0.29, 0.717) is 12.5 Å². The van der Waals surface area contributed by atoms with Crippen molar-refractivity contribution in [2.75, 3.05) is 12.4 Å². The highest BCUT2D eigenvalue weighted by molar-refractivity contribution is 14.0. The van der Waals surface area contributed by atoms with Crippen LogP contribution in [-0.2, 0) is 6.54 Å². The highest BCUT2D eigenvalue weighted by Gasteiger charge is 2.14. The summed E-state index contributed by atoms with van der Waals surface area (Å²) in [7, 11) is 1.63. The number of para-hydroxylation sites is 1. The number of hydrogen-bond acceptors (Lipinski definition) is 3. The van der Waals surface area contributed by atoms with Crippen LogP contribution in [0.3, 0.4) is 0 Å². The molecule has 6 heteroatoms. The summed E-state index contributed by atoms with van der Waals surface area (Å²) >= 11 is 0. The molecule has 2 aromatic rings. The molecule has 0 aromatic heterocycles. The number of nitrogens with two attached hydrogens (primary N) is 1. The Labute approximate surface area is 166 Å². The van der Waals surface area contributed by atoms with Gasteiger partial charge in [-0.2, -0.15) is 0 Å². The number of aliphatic imine (C=N–C) groups is 1. The van der Waals surface area contributed by atoms with Crippen LogP contribution in [0.4, 0.5) is 5.69 Å². The Hall–Kier alpha value is -1.96. The number of benzene rings is 2. The summed E-state index contributed by atoms with van der Waals surface area (Å²) < 4.78 is 11.2. The Morgan fingerprint density at radius 3 is 2.52 bits per heavy atom. The Morgan fingerprint density at radius 2 is 1.84 bits per heavy atom. The van der Waals surface area contributed by atoms with Gasteiger partial charge < -0.3 is 20.5 Å². The molecular weight excluding hydrogens is 429 g/mol. The summed E-state index contributed by atoms with van der Waals surface area (Å²) in [5.41, 5.74) is 7.54. The maximum atomic E-state index is 5.98. The molecule has 2 rings (SSSR count). The van der Waals surface area contributed by atoms with Gasteiger partial charge in [0.2, 0.25) is 0 Å². The third-order valence-electron chi connectivity index (χ3n) is 3.15. The minimum absolute atomic E-state index is 0. The SMILES string of the molecule is COc1cccc(NC(N)=NCc2ccccc2OC(C)(C)C)c1.I. The minimum Gasteiger partial charge on any atom is -0.497 e. The molecule has 0 radical (unpaired) electrons. The molecule has 0 atom stereocenters. The lowest BCUT2D eigenvalue weighted by Crippen LogP contribution is -2.24. The van der Waals surface area contributed by atoms with Gasteiger partial charge in [0.05, 0.1) is 13.7 Å². The van der Waals surface area contributed by atoms with Crippen molar-refractivity contribution in [1.82, 2.24) is 0 Å². The van der Waals surface area contributed by atoms with Gasteiger partial charge in [-0.1, -0.05) is 24.3 Å². The molecule has 0 heterocycles. The van der Waals surface area contributed by atoms with E-state index in [1.807, 2.05) is 69.3 Å². The van der Waals surface area contributed by atoms with Crippen molar-refractivity contribution < 1.29 is 9.47 Å². The molecule has 0 unspecified atom stereocenters. The lowest BCUT2D eigenvalue weighted by molar-refractivity contribution is 0.129. The van der Waals surface area contributed by atoms with Crippen molar-refractivity contribution in [3.63, 3.8) is 0 Å². The summed E-state index contributed by atoms with van der Waals surface area (Å²) in [5, 5.41) is 3.06. The largest absolute Gasteiger partial charge is 0.497 e. The molecule has 0 spiro atoms. The summed E-state index contributed by atoms with van der Waals surface area (Å²) in [6.45, 7) is 6.50. The second kappa shape index (κ2) is 9.50. The monoisotopic (exact) mass is 455 g/mol. The van der Waals surface area contributed by atoms with Crippen molar-refractivity contribution in [2.24, 2.45) is 10.7 Å². The topological polar surface area (TPSA) is 68.9 Å². The summed E-state index contributed by atoms with van der Waals surface area (Å²) in [5.74, 6) is 1.92. The van der Waals surface area contributed by atoms with Crippen LogP contribution in [0.1, 0.15) is 26.3 Å². The Balaban J connectivity index is 0.00000312. The van der Waals surface area contributed by atoms with E-state index >= 15 is 0 Å². The van der Waals surface area contributed by atoms with Crippen LogP contribution in [-0.4, -0.2) is 18.7 Å². The fraction of sp³-hybridized carbons (Fsp3) is 0.316. The number of rotatable bonds is 5. The van der Waals surface area contributed by atoms with E-state index in [1.54, 1.807) is 7.11 Å². The van der Waals surface area contributed by atoms with E-state index in [2.05, 4.69) is 10.3 Å². The summed E-state index contributed by atoms with van der Waals surface area (Å²) in [6.07, 6.45) is 0. The Morgan fingerprint density at radius 1 is 1.12 bits per heavy atom. The predicted molar refractivity (Wildman–Crippen MR) is 114 cm³/mol. The van der Waals surface area contributed by atoms with Crippen molar-refractivity contribution >= 4 is 35.6 Å². The zero-order valence-corrected chi connectivity index (χ0v) is 17.4. The molecule has 0 bridgehead atoms. The normalized spacial score (nSPS) is 11.4. The molecule has 0 saturated heterocycles. The molecule has 25 heavy (non-hydrogen) atoms. The van der Waals surface area contributed by atoms with Gasteiger partial charge in [0, 0.05) is 17.3 Å². The van der Waals surface area contributed by atoms with Gasteiger partial charge in [-0.25, -0.2) is 4.99 Å². The average Bonchev–Trinajstić information content (AvgIpc) is 2.53. The van der Waals surface area contributed by atoms with Crippen LogP contribution >= 0.6 is 24.0 Å². The lowest BCUT2D eigenvalue weighted by atomic mass is 10.1. The Kier molecular flexibility index (Phi) is 8.02. The highest BCUT2D eigenvalue weighted by atomic mass is 127. The quantitative estimate of drug-likeness (QED) is 0.398. The molecule has 0 saturated carbocycles. The molecule has 0 amide bonds. The number of halogens is 1. The molecule has 0 aliphatic rings.